The number of carboxylic acids is 1. The van der Waals surface area contributed by atoms with Gasteiger partial charge in [-0.3, -0.25) is 0 Å². The highest BCUT2D eigenvalue weighted by Crippen LogP contribution is 2.68. The van der Waals surface area contributed by atoms with Crippen LogP contribution in [0, 0.1) is 0 Å². The molecule has 0 aliphatic rings. The molecule has 0 bridgehead atoms. The molecule has 0 aromatic rings. The lowest BCUT2D eigenvalue weighted by molar-refractivity contribution is -0.487. The molecule has 0 N–H and O–H groups in total. The fourth-order valence-electron chi connectivity index (χ4n) is 2.48. The molecule has 0 spiro atoms. The van der Waals surface area contributed by atoms with Crippen LogP contribution >= 0.6 is 0 Å². The minimum atomic E-state index is -10.0. The van der Waals surface area contributed by atoms with Crippen LogP contribution in [0.5, 0.6) is 0 Å². The van der Waals surface area contributed by atoms with Crippen molar-refractivity contribution in [3.05, 3.63) is 0 Å². The molecular formula is C15F29O2-. The van der Waals surface area contributed by atoms with Crippen molar-refractivity contribution < 1.29 is 137 Å². The molecule has 0 aromatic carbocycles. The first kappa shape index (κ1) is 43.4. The average Bonchev–Trinajstić information content (AvgIpc) is 2.81. The Kier molecular flexibility index (Phi) is 9.65. The first-order valence-electron chi connectivity index (χ1n) is 9.39. The maximum atomic E-state index is 13.6. The van der Waals surface area contributed by atoms with Crippen molar-refractivity contribution in [2.24, 2.45) is 0 Å². The van der Waals surface area contributed by atoms with Gasteiger partial charge in [0.2, 0.25) is 0 Å². The molecule has 0 unspecified atom stereocenters. The number of carboxylic acid groups (broad SMARTS) is 1. The van der Waals surface area contributed by atoms with E-state index >= 15 is 0 Å². The van der Waals surface area contributed by atoms with Crippen molar-refractivity contribution in [3.63, 3.8) is 0 Å². The van der Waals surface area contributed by atoms with E-state index in [2.05, 4.69) is 0 Å². The number of aliphatic carboxylic acids is 1. The number of rotatable bonds is 13. The van der Waals surface area contributed by atoms with Crippen LogP contribution in [0.1, 0.15) is 0 Å². The van der Waals surface area contributed by atoms with Crippen LogP contribution in [0.2, 0.25) is 0 Å². The van der Waals surface area contributed by atoms with Crippen molar-refractivity contribution in [2.45, 2.75) is 83.2 Å². The van der Waals surface area contributed by atoms with Gasteiger partial charge in [0.25, 0.3) is 0 Å². The third-order valence-electron chi connectivity index (χ3n) is 5.34. The Morgan fingerprint density at radius 2 is 0.391 bits per heavy atom. The summed E-state index contributed by atoms with van der Waals surface area (Å²) in [5, 5.41) is 9.80. The number of hydrogen-bond acceptors (Lipinski definition) is 2. The van der Waals surface area contributed by atoms with E-state index in [1.54, 1.807) is 0 Å². The van der Waals surface area contributed by atoms with E-state index in [-0.39, 0.29) is 0 Å². The molecule has 0 rings (SSSR count). The monoisotopic (exact) mass is 763 g/mol. The summed E-state index contributed by atoms with van der Waals surface area (Å²) in [5.41, 5.74) is 0. The number of halogens is 29. The first-order chi connectivity index (χ1) is 19.2. The van der Waals surface area contributed by atoms with E-state index < -0.39 is 89.1 Å². The zero-order valence-corrected chi connectivity index (χ0v) is 19.3. The number of carbonyl (C=O) groups is 1. The van der Waals surface area contributed by atoms with Crippen LogP contribution in [0.25, 0.3) is 0 Å². The molecule has 0 aromatic heterocycles. The smallest absolute Gasteiger partial charge is 0.460 e. The van der Waals surface area contributed by atoms with Gasteiger partial charge in [0.1, 0.15) is 5.97 Å². The minimum absolute atomic E-state index is 5.02. The Morgan fingerprint density at radius 3 is 0.522 bits per heavy atom. The zero-order valence-electron chi connectivity index (χ0n) is 19.3. The summed E-state index contributed by atoms with van der Waals surface area (Å²) in [6.07, 6.45) is -8.32. The van der Waals surface area contributed by atoms with Gasteiger partial charge in [-0.15, -0.1) is 0 Å². The number of hydrogen-bond donors (Lipinski definition) is 0. The average molecular weight is 763 g/mol. The summed E-state index contributed by atoms with van der Waals surface area (Å²) in [6, 6.07) is 0. The third-order valence-corrected chi connectivity index (χ3v) is 5.34. The normalized spacial score (nSPS) is 17.0. The minimum Gasteiger partial charge on any atom is -0.544 e. The lowest BCUT2D eigenvalue weighted by Gasteiger charge is -2.46. The molecule has 0 fully saturated rings. The molecule has 0 aliphatic heterocycles. The number of alkyl halides is 29. The van der Waals surface area contributed by atoms with Gasteiger partial charge < -0.3 is 9.90 Å². The van der Waals surface area contributed by atoms with Gasteiger partial charge in [0.05, 0.1) is 0 Å². The second-order valence-corrected chi connectivity index (χ2v) is 8.25. The Hall–Kier alpha value is -2.56. The van der Waals surface area contributed by atoms with Gasteiger partial charge >= 0.3 is 83.2 Å². The largest absolute Gasteiger partial charge is 0.544 e. The van der Waals surface area contributed by atoms with Crippen LogP contribution in [0.15, 0.2) is 0 Å². The van der Waals surface area contributed by atoms with E-state index in [0.29, 0.717) is 0 Å². The Labute approximate surface area is 228 Å². The molecule has 0 saturated heterocycles. The summed E-state index contributed by atoms with van der Waals surface area (Å²) >= 11 is 0. The van der Waals surface area contributed by atoms with Crippen LogP contribution in [-0.2, 0) is 4.79 Å². The van der Waals surface area contributed by atoms with E-state index in [4.69, 9.17) is 0 Å². The summed E-state index contributed by atoms with van der Waals surface area (Å²) in [4.78, 5) is 9.80. The Morgan fingerprint density at radius 1 is 0.261 bits per heavy atom. The summed E-state index contributed by atoms with van der Waals surface area (Å²) in [7, 11) is 0. The highest BCUT2D eigenvalue weighted by molar-refractivity contribution is 5.75. The second-order valence-electron chi connectivity index (χ2n) is 8.25. The highest BCUT2D eigenvalue weighted by Gasteiger charge is 3.00. The maximum absolute atomic E-state index is 13.6. The van der Waals surface area contributed by atoms with Gasteiger partial charge in [-0.2, -0.15) is 127 Å². The van der Waals surface area contributed by atoms with E-state index in [1.807, 2.05) is 0 Å². The standard InChI is InChI=1S/C15HF29O2/c16-2(17,1(45)46)3(18,19)4(20,21)5(22,23)6(24,25)7(26,27)8(28,29)9(30,31)10(32,33)11(34,35)12(36,37)13(38,39)14(40,41)15(42,43)44/h(H,45,46)/p-1. The highest BCUT2D eigenvalue weighted by atomic mass is 19.4. The van der Waals surface area contributed by atoms with Crippen molar-refractivity contribution in [2.75, 3.05) is 0 Å². The lowest BCUT2D eigenvalue weighted by Crippen LogP contribution is -2.79. The van der Waals surface area contributed by atoms with Crippen LogP contribution in [-0.4, -0.2) is 89.1 Å². The van der Waals surface area contributed by atoms with Gasteiger partial charge in [0.15, 0.2) is 0 Å². The van der Waals surface area contributed by atoms with E-state index in [0.717, 1.165) is 0 Å². The van der Waals surface area contributed by atoms with Crippen molar-refractivity contribution in [1.29, 1.82) is 0 Å². The molecule has 276 valence electrons. The van der Waals surface area contributed by atoms with Gasteiger partial charge in [0, 0.05) is 0 Å². The Bertz CT molecular complexity index is 1160. The molecule has 46 heavy (non-hydrogen) atoms. The molecule has 31 heteroatoms. The molecule has 0 heterocycles. The summed E-state index contributed by atoms with van der Waals surface area (Å²) in [5.74, 6) is -128. The third kappa shape index (κ3) is 4.67. The summed E-state index contributed by atoms with van der Waals surface area (Å²) < 4.78 is 382. The molecule has 0 radical (unpaired) electrons. The van der Waals surface area contributed by atoms with E-state index in [1.165, 1.54) is 0 Å². The molecule has 2 nitrogen and oxygen atoms in total. The maximum Gasteiger partial charge on any atom is 0.460 e. The van der Waals surface area contributed by atoms with Gasteiger partial charge in [-0.25, -0.2) is 0 Å². The zero-order chi connectivity index (χ0) is 38.6. The molecule has 0 aliphatic carbocycles. The van der Waals surface area contributed by atoms with Gasteiger partial charge in [-0.1, -0.05) is 0 Å². The van der Waals surface area contributed by atoms with Crippen molar-refractivity contribution in [1.82, 2.24) is 0 Å². The first-order valence-corrected chi connectivity index (χ1v) is 9.39. The lowest BCUT2D eigenvalue weighted by atomic mass is 9.83. The quantitative estimate of drug-likeness (QED) is 0.182. The SMILES string of the molecule is O=C([O-])C(F)(F)C(F)(F)C(F)(F)C(F)(F)C(F)(F)C(F)(F)C(F)(F)C(F)(F)C(F)(F)C(F)(F)C(F)(F)C(F)(F)C(F)(F)C(F)(F)F. The van der Waals surface area contributed by atoms with Crippen LogP contribution in [0.4, 0.5) is 127 Å². The van der Waals surface area contributed by atoms with E-state index in [9.17, 15) is 137 Å². The fourth-order valence-corrected chi connectivity index (χ4v) is 2.48. The summed E-state index contributed by atoms with van der Waals surface area (Å²) in [6.45, 7) is 0. The molecule has 0 amide bonds. The molecule has 0 saturated carbocycles. The second kappa shape index (κ2) is 10.2. The van der Waals surface area contributed by atoms with Crippen molar-refractivity contribution >= 4 is 5.97 Å². The predicted molar refractivity (Wildman–Crippen MR) is 75.4 cm³/mol. The predicted octanol–water partition coefficient (Wildman–Crippen LogP) is 7.56. The fraction of sp³-hybridized carbons (Fsp3) is 0.933. The topological polar surface area (TPSA) is 40.1 Å². The van der Waals surface area contributed by atoms with Crippen molar-refractivity contribution in [3.8, 4) is 0 Å². The van der Waals surface area contributed by atoms with Crippen LogP contribution in [0.3, 0.4) is 0 Å². The van der Waals surface area contributed by atoms with Gasteiger partial charge in [-0.05, 0) is 0 Å². The Balaban J connectivity index is 7.59. The van der Waals surface area contributed by atoms with Crippen LogP contribution < -0.4 is 5.11 Å². The molecular weight excluding hydrogens is 763 g/mol. The number of carbonyl (C=O) groups excluding carboxylic acids is 1. The molecule has 0 atom stereocenters.